The average Bonchev–Trinajstić information content (AvgIpc) is 1.06. The van der Waals surface area contributed by atoms with Gasteiger partial charge in [-0.3, -0.25) is 0 Å². The molecular formula is C110H77BN6. The first-order chi connectivity index (χ1) is 64.0. The number of nitrogens with zero attached hydrogens (tertiary/aromatic N) is 6. The third-order valence-electron chi connectivity index (χ3n) is 25.1. The lowest BCUT2D eigenvalue weighted by molar-refractivity contribution is 0.590. The van der Waals surface area contributed by atoms with Gasteiger partial charge in [0.25, 0.3) is 6.71 Å². The van der Waals surface area contributed by atoms with Crippen LogP contribution in [0.15, 0.2) is 358 Å². The van der Waals surface area contributed by atoms with Gasteiger partial charge in [0.2, 0.25) is 0 Å². The smallest absolute Gasteiger partial charge is 0.252 e. The van der Waals surface area contributed by atoms with Gasteiger partial charge < -0.3 is 27.7 Å². The molecule has 0 bridgehead atoms. The van der Waals surface area contributed by atoms with Gasteiger partial charge in [-0.2, -0.15) is 0 Å². The lowest BCUT2D eigenvalue weighted by Crippen LogP contribution is -2.61. The van der Waals surface area contributed by atoms with E-state index in [1.165, 1.54) is 0 Å². The molecule has 2 aliphatic heterocycles. The summed E-state index contributed by atoms with van der Waals surface area (Å²) in [6, 6.07) is 83.7. The molecule has 550 valence electrons. The molecule has 2 aliphatic rings. The van der Waals surface area contributed by atoms with Crippen molar-refractivity contribution < 1.29 is 21.9 Å². The predicted molar refractivity (Wildman–Crippen MR) is 498 cm³/mol. The minimum atomic E-state index is -0.815. The molecule has 0 amide bonds. The van der Waals surface area contributed by atoms with E-state index in [0.717, 1.165) is 171 Å². The summed E-state index contributed by atoms with van der Waals surface area (Å²) in [5, 5.41) is 8.16. The van der Waals surface area contributed by atoms with Crippen molar-refractivity contribution >= 4 is 177 Å². The molecular weight excluding hydrogens is 1420 g/mol. The molecule has 0 N–H and O–H groups in total. The van der Waals surface area contributed by atoms with Gasteiger partial charge in [-0.05, 0) is 182 Å². The van der Waals surface area contributed by atoms with Crippen LogP contribution in [0, 0.1) is 0 Å². The summed E-state index contributed by atoms with van der Waals surface area (Å²) in [5.74, 6) is 0. The van der Waals surface area contributed by atoms with E-state index in [2.05, 4.69) is 266 Å². The van der Waals surface area contributed by atoms with Crippen molar-refractivity contribution in [2.24, 2.45) is 0 Å². The molecule has 0 radical (unpaired) electrons. The van der Waals surface area contributed by atoms with Gasteiger partial charge in [-0.25, -0.2) is 0 Å². The zero-order valence-corrected chi connectivity index (χ0v) is 64.6. The summed E-state index contributed by atoms with van der Waals surface area (Å²) in [6.07, 6.45) is 0. The van der Waals surface area contributed by atoms with Gasteiger partial charge in [0.05, 0.1) is 88.5 Å². The topological polar surface area (TPSA) is 25.2 Å². The number of para-hydroxylation sites is 9. The Morgan fingerprint density at radius 2 is 0.581 bits per heavy atom. The molecule has 0 atom stereocenters. The van der Waals surface area contributed by atoms with E-state index in [1.54, 1.807) is 9.13 Å². The molecule has 7 heteroatoms. The average molecular weight is 1510 g/mol. The second-order valence-corrected chi connectivity index (χ2v) is 33.5. The Hall–Kier alpha value is -14.4. The maximum atomic E-state index is 10.1. The first-order valence-corrected chi connectivity index (χ1v) is 39.9. The van der Waals surface area contributed by atoms with Crippen molar-refractivity contribution in [3.8, 4) is 55.9 Å². The van der Waals surface area contributed by atoms with E-state index in [1.807, 2.05) is 54.6 Å². The summed E-state index contributed by atoms with van der Waals surface area (Å²) < 4.78 is 162. The van der Waals surface area contributed by atoms with Crippen molar-refractivity contribution in [3.63, 3.8) is 0 Å². The van der Waals surface area contributed by atoms with Gasteiger partial charge in [0, 0.05) is 121 Å². The molecule has 0 unspecified atom stereocenters. The highest BCUT2D eigenvalue weighted by atomic mass is 15.2. The predicted octanol–water partition coefficient (Wildman–Crippen LogP) is 27.5. The Balaban J connectivity index is 0.889. The normalized spacial score (nSPS) is 15.1. The van der Waals surface area contributed by atoms with Gasteiger partial charge in [-0.15, -0.1) is 0 Å². The molecule has 0 spiro atoms. The van der Waals surface area contributed by atoms with E-state index in [-0.39, 0.29) is 43.6 Å². The van der Waals surface area contributed by atoms with Gasteiger partial charge in [-0.1, -0.05) is 278 Å². The number of anilines is 6. The Kier molecular flexibility index (Phi) is 10.7. The molecule has 0 fully saturated rings. The van der Waals surface area contributed by atoms with Crippen molar-refractivity contribution in [1.29, 1.82) is 0 Å². The van der Waals surface area contributed by atoms with E-state index >= 15 is 0 Å². The molecule has 6 nitrogen and oxygen atoms in total. The Bertz CT molecular complexity index is 8900. The summed E-state index contributed by atoms with van der Waals surface area (Å²) in [4.78, 5) is 4.77. The monoisotopic (exact) mass is 1510 g/mol. The fraction of sp³-hybridized carbons (Fsp3) is 0.0727. The zero-order chi connectivity index (χ0) is 91.5. The van der Waals surface area contributed by atoms with Crippen LogP contribution in [0.1, 0.15) is 74.6 Å². The molecule has 6 aromatic heterocycles. The standard InChI is InChI=1S/C110H77BN6/c1-109(2,3)70-60-84(67-32-11-8-12-33-67)106(85(61-70)69-58-88-82-40-19-27-50-98(82)115-99-51-28-20-41-83(99)89(59-69)108(88)115)117-101-65-73(113-94-46-23-15-36-78(94)79-37-16-24-47-95(79)113)53-55-91(101)111-90-54-52-72(112-92-44-21-13-34-76(92)77-35-14-22-45-93(77)112)64-100(90)116(102-62-71(110(4,5)6)63-103(117)104(102)111)105-74(66-30-9-7-10-31-66)42-29-43-75(105)68-56-86-80-38-17-25-48-96(80)114-97-49-26-18-39-81(97)87(57-68)107(86)114/h7-65H,1-6H3/i13D,14D,15D,16D,21D,22D,23D,24D,34D,35D,36D,37D,44D,45D,46D,47D. The van der Waals surface area contributed by atoms with Crippen LogP contribution in [0.5, 0.6) is 0 Å². The van der Waals surface area contributed by atoms with E-state index in [0.29, 0.717) is 22.7 Å². The van der Waals surface area contributed by atoms with Crippen LogP contribution in [0.4, 0.5) is 34.1 Å². The molecule has 17 aromatic carbocycles. The maximum absolute atomic E-state index is 10.1. The molecule has 117 heavy (non-hydrogen) atoms. The van der Waals surface area contributed by atoms with Crippen molar-refractivity contribution in [1.82, 2.24) is 17.9 Å². The van der Waals surface area contributed by atoms with Crippen molar-refractivity contribution in [2.75, 3.05) is 9.80 Å². The highest BCUT2D eigenvalue weighted by Gasteiger charge is 2.47. The van der Waals surface area contributed by atoms with Crippen LogP contribution in [0.25, 0.3) is 176 Å². The van der Waals surface area contributed by atoms with E-state index in [4.69, 9.17) is 0 Å². The van der Waals surface area contributed by atoms with Gasteiger partial charge >= 0.3 is 0 Å². The highest BCUT2D eigenvalue weighted by Crippen LogP contribution is 2.57. The Morgan fingerprint density at radius 3 is 0.974 bits per heavy atom. The lowest BCUT2D eigenvalue weighted by Gasteiger charge is -2.46. The number of benzene rings is 17. The second-order valence-electron chi connectivity index (χ2n) is 33.5. The summed E-state index contributed by atoms with van der Waals surface area (Å²) in [5.41, 5.74) is 21.0. The molecule has 25 rings (SSSR count). The highest BCUT2D eigenvalue weighted by molar-refractivity contribution is 7.00. The number of rotatable bonds is 8. The molecule has 0 aliphatic carbocycles. The number of hydrogen-bond acceptors (Lipinski definition) is 2. The van der Waals surface area contributed by atoms with Crippen LogP contribution in [0.3, 0.4) is 0 Å². The van der Waals surface area contributed by atoms with Crippen molar-refractivity contribution in [2.45, 2.75) is 52.4 Å². The zero-order valence-electron chi connectivity index (χ0n) is 80.6. The van der Waals surface area contributed by atoms with Crippen LogP contribution >= 0.6 is 0 Å². The van der Waals surface area contributed by atoms with Gasteiger partial charge in [0.1, 0.15) is 0 Å². The quantitative estimate of drug-likeness (QED) is 0.142. The Morgan fingerprint density at radius 1 is 0.256 bits per heavy atom. The lowest BCUT2D eigenvalue weighted by atomic mass is 9.33. The second kappa shape index (κ2) is 24.1. The third-order valence-corrected chi connectivity index (χ3v) is 25.1. The number of aromatic nitrogens is 4. The van der Waals surface area contributed by atoms with Crippen LogP contribution in [-0.4, -0.2) is 24.6 Å². The fourth-order valence-corrected chi connectivity index (χ4v) is 20.0. The molecule has 23 aromatic rings. The largest absolute Gasteiger partial charge is 0.310 e. The van der Waals surface area contributed by atoms with Crippen LogP contribution in [0.2, 0.25) is 0 Å². The first kappa shape index (κ1) is 52.1. The summed E-state index contributed by atoms with van der Waals surface area (Å²) in [7, 11) is 0. The van der Waals surface area contributed by atoms with Gasteiger partial charge in [0.15, 0.2) is 0 Å². The van der Waals surface area contributed by atoms with Crippen molar-refractivity contribution in [3.05, 3.63) is 369 Å². The molecule has 8 heterocycles. The Labute approximate surface area is 700 Å². The number of hydrogen-bond donors (Lipinski definition) is 0. The van der Waals surface area contributed by atoms with Crippen LogP contribution < -0.4 is 26.2 Å². The minimum absolute atomic E-state index is 0.0549. The maximum Gasteiger partial charge on any atom is 0.252 e. The third kappa shape index (κ3) is 9.28. The van der Waals surface area contributed by atoms with E-state index in [9.17, 15) is 21.9 Å². The summed E-state index contributed by atoms with van der Waals surface area (Å²) >= 11 is 0. The minimum Gasteiger partial charge on any atom is -0.310 e. The van der Waals surface area contributed by atoms with E-state index < -0.39 is 114 Å². The fourth-order valence-electron chi connectivity index (χ4n) is 20.0. The molecule has 0 saturated carbocycles. The SMILES string of the molecule is [2H]c1c([2H])c([2H])c2c(c1[2H])c1c([2H])c([2H])c([2H])c([2H])c1n2-c1ccc2c(c1)N(c1c(-c3ccccc3)cccc1-c1cc3c4ccccc4n4c5ccccc5c(c1)c34)c1cc(C(C)(C)C)cc3c1B2c1ccc(-n2c4c([2H])c([2H])c([2H])c([2H])c4c4c([2H])c([2H])c([2H])c([2H])c42)cc1N3c1c(-c2ccccc2)cc(C(C)(C)C)cc1-c1cc2c3ccccc3n3c4ccccc4c(c1)c23. The number of fused-ring (bicyclic) bond motifs is 22. The van der Waals surface area contributed by atoms with Crippen LogP contribution in [-0.2, 0) is 10.8 Å². The molecule has 0 saturated heterocycles. The first-order valence-electron chi connectivity index (χ1n) is 47.9. The summed E-state index contributed by atoms with van der Waals surface area (Å²) in [6.45, 7) is 12.5.